The molecule has 0 saturated carbocycles. The van der Waals surface area contributed by atoms with Crippen LogP contribution in [0.4, 0.5) is 0 Å². The molecule has 0 amide bonds. The molecule has 69 heavy (non-hydrogen) atoms. The molecule has 0 aromatic rings. The minimum Gasteiger partial charge on any atom is -0.479 e. The molecule has 6 atom stereocenters. The number of carbonyl (C=O) groups excluding carboxylic acids is 3. The predicted molar refractivity (Wildman–Crippen MR) is 276 cm³/mol. The Hall–Kier alpha value is -3.32. The van der Waals surface area contributed by atoms with Crippen LogP contribution in [0.3, 0.4) is 0 Å². The predicted octanol–water partition coefficient (Wildman–Crippen LogP) is 13.4. The summed E-state index contributed by atoms with van der Waals surface area (Å²) in [5.41, 5.74) is 0. The van der Waals surface area contributed by atoms with Gasteiger partial charge in [0.25, 0.3) is 0 Å². The Balaban J connectivity index is 2.73. The van der Waals surface area contributed by atoms with Crippen LogP contribution in [0.2, 0.25) is 0 Å². The third-order valence-electron chi connectivity index (χ3n) is 12.4. The molecular weight excluding hydrogens is 877 g/mol. The second-order valence-corrected chi connectivity index (χ2v) is 18.9. The molecule has 398 valence electrons. The molecule has 1 rings (SSSR count). The molecule has 0 aromatic carbocycles. The van der Waals surface area contributed by atoms with E-state index in [0.29, 0.717) is 19.3 Å². The van der Waals surface area contributed by atoms with E-state index in [-0.39, 0.29) is 25.9 Å². The summed E-state index contributed by atoms with van der Waals surface area (Å²) in [5, 5.41) is 31.3. The van der Waals surface area contributed by atoms with Gasteiger partial charge < -0.3 is 39.0 Å². The van der Waals surface area contributed by atoms with Crippen molar-refractivity contribution in [3.05, 3.63) is 48.6 Å². The Morgan fingerprint density at radius 2 is 0.870 bits per heavy atom. The minimum atomic E-state index is -1.90. The van der Waals surface area contributed by atoms with E-state index in [9.17, 15) is 34.5 Å². The van der Waals surface area contributed by atoms with Gasteiger partial charge in [0.1, 0.15) is 18.8 Å². The van der Waals surface area contributed by atoms with Gasteiger partial charge in [0.15, 0.2) is 24.6 Å². The number of aliphatic hydroxyl groups is 2. The van der Waals surface area contributed by atoms with Crippen LogP contribution in [0.5, 0.6) is 0 Å². The van der Waals surface area contributed by atoms with Gasteiger partial charge in [0, 0.05) is 19.3 Å². The number of unbranched alkanes of at least 4 members (excludes halogenated alkanes) is 24. The van der Waals surface area contributed by atoms with Gasteiger partial charge in [0.2, 0.25) is 0 Å². The number of aliphatic carboxylic acids is 1. The second-order valence-electron chi connectivity index (χ2n) is 18.9. The van der Waals surface area contributed by atoms with Crippen molar-refractivity contribution in [1.82, 2.24) is 0 Å². The first-order chi connectivity index (χ1) is 33.6. The van der Waals surface area contributed by atoms with Crippen LogP contribution in [-0.2, 0) is 42.9 Å². The third-order valence-corrected chi connectivity index (χ3v) is 12.4. The number of carbonyl (C=O) groups is 4. The van der Waals surface area contributed by atoms with Crippen molar-refractivity contribution in [1.29, 1.82) is 0 Å². The van der Waals surface area contributed by atoms with E-state index in [0.717, 1.165) is 116 Å². The number of carboxylic acid groups (broad SMARTS) is 1. The largest absolute Gasteiger partial charge is 0.479 e. The lowest BCUT2D eigenvalue weighted by molar-refractivity contribution is -0.301. The zero-order chi connectivity index (χ0) is 50.4. The topological polar surface area (TPSA) is 175 Å². The molecule has 0 aromatic heterocycles. The molecular formula is C57H98O12. The quantitative estimate of drug-likeness (QED) is 0.0228. The average Bonchev–Trinajstić information content (AvgIpc) is 3.33. The Labute approximate surface area is 418 Å². The number of esters is 3. The highest BCUT2D eigenvalue weighted by Gasteiger charge is 2.50. The third kappa shape index (κ3) is 36.3. The van der Waals surface area contributed by atoms with E-state index in [1.54, 1.807) is 0 Å². The van der Waals surface area contributed by atoms with Crippen molar-refractivity contribution in [2.75, 3.05) is 13.2 Å². The second kappa shape index (κ2) is 45.8. The SMILES string of the molecule is CCCCC/C=C\C/C=C\CCCCCCCC(=O)OCC(COC1OC(C(=O)O)C(O)C(O)C1OC(=O)CCCCCCCCCCC)OC(=O)CCCCCCC/C=C\C/C=C\CCCCC. The van der Waals surface area contributed by atoms with E-state index in [1.165, 1.54) is 64.2 Å². The summed E-state index contributed by atoms with van der Waals surface area (Å²) in [6.07, 6.45) is 41.0. The van der Waals surface area contributed by atoms with Gasteiger partial charge in [-0.2, -0.15) is 0 Å². The van der Waals surface area contributed by atoms with Gasteiger partial charge in [-0.3, -0.25) is 14.4 Å². The van der Waals surface area contributed by atoms with Crippen molar-refractivity contribution in [3.63, 3.8) is 0 Å². The van der Waals surface area contributed by atoms with Crippen molar-refractivity contribution in [2.45, 2.75) is 276 Å². The molecule has 1 fully saturated rings. The first-order valence-electron chi connectivity index (χ1n) is 27.6. The Morgan fingerprint density at radius 1 is 0.478 bits per heavy atom. The highest BCUT2D eigenvalue weighted by Crippen LogP contribution is 2.26. The number of rotatable bonds is 46. The maximum atomic E-state index is 13.1. The van der Waals surface area contributed by atoms with Gasteiger partial charge in [-0.1, -0.05) is 185 Å². The van der Waals surface area contributed by atoms with Gasteiger partial charge in [-0.05, 0) is 83.5 Å². The van der Waals surface area contributed by atoms with E-state index >= 15 is 0 Å². The number of aliphatic hydroxyl groups excluding tert-OH is 2. The summed E-state index contributed by atoms with van der Waals surface area (Å²) in [6.45, 7) is 5.87. The maximum Gasteiger partial charge on any atom is 0.335 e. The van der Waals surface area contributed by atoms with E-state index in [2.05, 4.69) is 69.4 Å². The molecule has 0 bridgehead atoms. The molecule has 6 unspecified atom stereocenters. The maximum absolute atomic E-state index is 13.1. The monoisotopic (exact) mass is 975 g/mol. The summed E-state index contributed by atoms with van der Waals surface area (Å²) in [7, 11) is 0. The first kappa shape index (κ1) is 63.7. The fraction of sp³-hybridized carbons (Fsp3) is 0.789. The standard InChI is InChI=1S/C57H98O12/c1-4-7-10-13-16-19-21-23-25-27-29-32-34-37-40-43-49(58)65-46-48(67-50(59)44-41-38-36-33-30-28-26-24-22-20-17-14-11-8-5-2)47-66-57-55(53(62)52(61)54(69-57)56(63)64)68-51(60)45-42-39-35-31-18-15-12-9-6-3/h16-17,19-20,23-26,48,52-55,57,61-62H,4-15,18,21-22,27-47H2,1-3H3,(H,63,64)/b19-16-,20-17-,25-23-,26-24-. The lowest BCUT2D eigenvalue weighted by Crippen LogP contribution is -2.61. The van der Waals surface area contributed by atoms with E-state index < -0.39 is 67.3 Å². The summed E-state index contributed by atoms with van der Waals surface area (Å²) in [5.74, 6) is -3.15. The zero-order valence-electron chi connectivity index (χ0n) is 43.6. The smallest absolute Gasteiger partial charge is 0.335 e. The Bertz CT molecular complexity index is 1390. The van der Waals surface area contributed by atoms with Gasteiger partial charge in [0.05, 0.1) is 6.61 Å². The van der Waals surface area contributed by atoms with Gasteiger partial charge in [-0.15, -0.1) is 0 Å². The lowest BCUT2D eigenvalue weighted by atomic mass is 9.98. The normalized spacial score (nSPS) is 19.0. The lowest BCUT2D eigenvalue weighted by Gasteiger charge is -2.40. The number of carboxylic acids is 1. The minimum absolute atomic E-state index is 0.0588. The molecule has 0 aliphatic carbocycles. The van der Waals surface area contributed by atoms with Crippen molar-refractivity contribution < 1.29 is 58.2 Å². The van der Waals surface area contributed by atoms with Gasteiger partial charge in [-0.25, -0.2) is 4.79 Å². The molecule has 1 aliphatic heterocycles. The molecule has 12 nitrogen and oxygen atoms in total. The Morgan fingerprint density at radius 3 is 1.33 bits per heavy atom. The van der Waals surface area contributed by atoms with E-state index in [1.807, 2.05) is 0 Å². The highest BCUT2D eigenvalue weighted by atomic mass is 16.7. The highest BCUT2D eigenvalue weighted by molar-refractivity contribution is 5.74. The summed E-state index contributed by atoms with van der Waals surface area (Å²) in [4.78, 5) is 50.9. The summed E-state index contributed by atoms with van der Waals surface area (Å²) >= 11 is 0. The van der Waals surface area contributed by atoms with Crippen LogP contribution in [0, 0.1) is 0 Å². The fourth-order valence-electron chi connectivity index (χ4n) is 8.07. The van der Waals surface area contributed by atoms with Crippen molar-refractivity contribution in [3.8, 4) is 0 Å². The van der Waals surface area contributed by atoms with Gasteiger partial charge >= 0.3 is 23.9 Å². The molecule has 1 aliphatic rings. The molecule has 1 saturated heterocycles. The molecule has 3 N–H and O–H groups in total. The van der Waals surface area contributed by atoms with Crippen molar-refractivity contribution in [2.24, 2.45) is 0 Å². The number of hydrogen-bond acceptors (Lipinski definition) is 11. The summed E-state index contributed by atoms with van der Waals surface area (Å²) in [6, 6.07) is 0. The number of hydrogen-bond donors (Lipinski definition) is 3. The molecule has 0 spiro atoms. The zero-order valence-corrected chi connectivity index (χ0v) is 43.6. The number of ether oxygens (including phenoxy) is 5. The first-order valence-corrected chi connectivity index (χ1v) is 27.6. The molecule has 1 heterocycles. The van der Waals surface area contributed by atoms with Crippen LogP contribution >= 0.6 is 0 Å². The van der Waals surface area contributed by atoms with Crippen LogP contribution in [0.25, 0.3) is 0 Å². The van der Waals surface area contributed by atoms with Crippen LogP contribution < -0.4 is 0 Å². The number of allylic oxidation sites excluding steroid dienone is 8. The summed E-state index contributed by atoms with van der Waals surface area (Å²) < 4.78 is 28.3. The molecule has 12 heteroatoms. The van der Waals surface area contributed by atoms with E-state index in [4.69, 9.17) is 23.7 Å². The van der Waals surface area contributed by atoms with Crippen LogP contribution in [0.15, 0.2) is 48.6 Å². The van der Waals surface area contributed by atoms with Crippen molar-refractivity contribution >= 4 is 23.9 Å². The molecule has 0 radical (unpaired) electrons. The Kier molecular flexibility index (Phi) is 42.3. The average molecular weight is 975 g/mol. The fourth-order valence-corrected chi connectivity index (χ4v) is 8.07. The van der Waals surface area contributed by atoms with Crippen LogP contribution in [-0.4, -0.2) is 89.2 Å². The van der Waals surface area contributed by atoms with Crippen LogP contribution in [0.1, 0.15) is 239 Å².